The quantitative estimate of drug-likeness (QED) is 0.664. The summed E-state index contributed by atoms with van der Waals surface area (Å²) in [6.07, 6.45) is 7.85. The molecule has 2 N–H and O–H groups in total. The highest BCUT2D eigenvalue weighted by Crippen LogP contribution is 2.14. The molecule has 1 aliphatic rings. The number of allylic oxidation sites excluding steroid dienone is 3. The highest BCUT2D eigenvalue weighted by Gasteiger charge is 2.16. The van der Waals surface area contributed by atoms with Gasteiger partial charge in [-0.15, -0.1) is 0 Å². The van der Waals surface area contributed by atoms with Crippen LogP contribution in [0.4, 0.5) is 0 Å². The van der Waals surface area contributed by atoms with Gasteiger partial charge in [-0.25, -0.2) is 0 Å². The van der Waals surface area contributed by atoms with Crippen LogP contribution in [0.1, 0.15) is 0 Å². The van der Waals surface area contributed by atoms with E-state index >= 15 is 0 Å². The molecule has 0 heterocycles. The third kappa shape index (κ3) is 2.81. The van der Waals surface area contributed by atoms with Gasteiger partial charge in [-0.2, -0.15) is 0 Å². The van der Waals surface area contributed by atoms with E-state index in [2.05, 4.69) is 0 Å². The van der Waals surface area contributed by atoms with Crippen molar-refractivity contribution in [3.63, 3.8) is 0 Å². The lowest BCUT2D eigenvalue weighted by atomic mass is 10.0. The fraction of sp³-hybridized carbons (Fsp3) is 0.400. The standard InChI is InChI=1S/C10H14O3/c1-13-10-7-8(3-2-6-11)4-5-9(10)12/h2-5,7,9-12H,6H2,1H3/b3-2+. The Labute approximate surface area is 77.7 Å². The molecule has 0 bridgehead atoms. The molecule has 3 nitrogen and oxygen atoms in total. The zero-order chi connectivity index (χ0) is 9.68. The number of aliphatic hydroxyl groups excluding tert-OH is 2. The Morgan fingerprint density at radius 3 is 3.00 bits per heavy atom. The maximum absolute atomic E-state index is 9.38. The van der Waals surface area contributed by atoms with Gasteiger partial charge in [0.25, 0.3) is 0 Å². The second-order valence-electron chi connectivity index (χ2n) is 2.80. The van der Waals surface area contributed by atoms with Gasteiger partial charge in [0.2, 0.25) is 0 Å². The number of methoxy groups -OCH3 is 1. The molecule has 0 saturated carbocycles. The molecule has 0 spiro atoms. The Morgan fingerprint density at radius 2 is 2.38 bits per heavy atom. The Kier molecular flexibility index (Phi) is 3.89. The van der Waals surface area contributed by atoms with Gasteiger partial charge in [-0.1, -0.05) is 24.3 Å². The summed E-state index contributed by atoms with van der Waals surface area (Å²) in [6, 6.07) is 0. The summed E-state index contributed by atoms with van der Waals surface area (Å²) < 4.78 is 5.04. The van der Waals surface area contributed by atoms with Crippen molar-refractivity contribution in [3.8, 4) is 0 Å². The monoisotopic (exact) mass is 182 g/mol. The molecule has 0 fully saturated rings. The van der Waals surface area contributed by atoms with Gasteiger partial charge in [-0.05, 0) is 11.6 Å². The molecule has 0 aliphatic heterocycles. The average Bonchev–Trinajstić information content (AvgIpc) is 2.16. The first kappa shape index (κ1) is 10.2. The van der Waals surface area contributed by atoms with Crippen LogP contribution < -0.4 is 0 Å². The van der Waals surface area contributed by atoms with E-state index in [1.165, 1.54) is 0 Å². The molecule has 1 aliphatic carbocycles. The SMILES string of the molecule is COC1C=C(/C=C/CO)C=CC1O. The van der Waals surface area contributed by atoms with Crippen LogP contribution in [0.5, 0.6) is 0 Å². The fourth-order valence-electron chi connectivity index (χ4n) is 1.17. The molecule has 0 aromatic heterocycles. The predicted octanol–water partition coefficient (Wildman–Crippen LogP) is 0.407. The Morgan fingerprint density at radius 1 is 1.62 bits per heavy atom. The average molecular weight is 182 g/mol. The minimum Gasteiger partial charge on any atom is -0.392 e. The lowest BCUT2D eigenvalue weighted by molar-refractivity contribution is 0.0412. The summed E-state index contributed by atoms with van der Waals surface area (Å²) in [5.74, 6) is 0. The van der Waals surface area contributed by atoms with E-state index in [9.17, 15) is 5.11 Å². The lowest BCUT2D eigenvalue weighted by Gasteiger charge is -2.19. The maximum atomic E-state index is 9.38. The number of hydrogen-bond acceptors (Lipinski definition) is 3. The van der Waals surface area contributed by atoms with Crippen molar-refractivity contribution >= 4 is 0 Å². The summed E-state index contributed by atoms with van der Waals surface area (Å²) in [7, 11) is 1.55. The summed E-state index contributed by atoms with van der Waals surface area (Å²) in [6.45, 7) is 0.0192. The zero-order valence-corrected chi connectivity index (χ0v) is 7.55. The molecule has 72 valence electrons. The van der Waals surface area contributed by atoms with Crippen LogP contribution in [0.15, 0.2) is 36.0 Å². The summed E-state index contributed by atoms with van der Waals surface area (Å²) in [5.41, 5.74) is 0.936. The first-order valence-electron chi connectivity index (χ1n) is 4.16. The molecule has 13 heavy (non-hydrogen) atoms. The van der Waals surface area contributed by atoms with Crippen LogP contribution in [0.2, 0.25) is 0 Å². The second-order valence-corrected chi connectivity index (χ2v) is 2.80. The Balaban J connectivity index is 2.66. The summed E-state index contributed by atoms with van der Waals surface area (Å²) in [5, 5.41) is 17.9. The highest BCUT2D eigenvalue weighted by atomic mass is 16.5. The first-order chi connectivity index (χ1) is 6.27. The number of ether oxygens (including phenoxy) is 1. The molecule has 0 aromatic carbocycles. The van der Waals surface area contributed by atoms with Crippen molar-refractivity contribution in [3.05, 3.63) is 36.0 Å². The number of aliphatic hydroxyl groups is 2. The largest absolute Gasteiger partial charge is 0.392 e. The molecule has 1 rings (SSSR count). The molecule has 0 amide bonds. The zero-order valence-electron chi connectivity index (χ0n) is 7.55. The van der Waals surface area contributed by atoms with Gasteiger partial charge < -0.3 is 14.9 Å². The molecular formula is C10H14O3. The minimum atomic E-state index is -0.573. The van der Waals surface area contributed by atoms with Crippen LogP contribution >= 0.6 is 0 Å². The Hall–Kier alpha value is -0.900. The van der Waals surface area contributed by atoms with Gasteiger partial charge >= 0.3 is 0 Å². The molecular weight excluding hydrogens is 168 g/mol. The van der Waals surface area contributed by atoms with E-state index < -0.39 is 6.10 Å². The summed E-state index contributed by atoms with van der Waals surface area (Å²) in [4.78, 5) is 0. The van der Waals surface area contributed by atoms with E-state index in [0.29, 0.717) is 0 Å². The van der Waals surface area contributed by atoms with E-state index in [0.717, 1.165) is 5.57 Å². The third-order valence-corrected chi connectivity index (χ3v) is 1.87. The minimum absolute atomic E-state index is 0.0192. The van der Waals surface area contributed by atoms with Gasteiger partial charge in [0, 0.05) is 7.11 Å². The number of rotatable bonds is 3. The topological polar surface area (TPSA) is 49.7 Å². The van der Waals surface area contributed by atoms with Gasteiger partial charge in [0.05, 0.1) is 6.61 Å². The van der Waals surface area contributed by atoms with Crippen molar-refractivity contribution in [2.75, 3.05) is 13.7 Å². The van der Waals surface area contributed by atoms with Crippen LogP contribution in [-0.2, 0) is 4.74 Å². The van der Waals surface area contributed by atoms with Crippen molar-refractivity contribution < 1.29 is 14.9 Å². The van der Waals surface area contributed by atoms with Gasteiger partial charge in [0.15, 0.2) is 0 Å². The lowest BCUT2D eigenvalue weighted by Crippen LogP contribution is -2.26. The van der Waals surface area contributed by atoms with E-state index in [1.807, 2.05) is 6.08 Å². The molecule has 2 atom stereocenters. The molecule has 3 heteroatoms. The predicted molar refractivity (Wildman–Crippen MR) is 50.3 cm³/mol. The molecule has 2 unspecified atom stereocenters. The van der Waals surface area contributed by atoms with Crippen molar-refractivity contribution in [2.45, 2.75) is 12.2 Å². The maximum Gasteiger partial charge on any atom is 0.106 e. The van der Waals surface area contributed by atoms with E-state index in [-0.39, 0.29) is 12.7 Å². The van der Waals surface area contributed by atoms with Crippen molar-refractivity contribution in [2.24, 2.45) is 0 Å². The van der Waals surface area contributed by atoms with Crippen LogP contribution in [0, 0.1) is 0 Å². The van der Waals surface area contributed by atoms with Crippen molar-refractivity contribution in [1.29, 1.82) is 0 Å². The van der Waals surface area contributed by atoms with Gasteiger partial charge in [0.1, 0.15) is 12.2 Å². The highest BCUT2D eigenvalue weighted by molar-refractivity contribution is 5.36. The van der Waals surface area contributed by atoms with Crippen LogP contribution in [0.25, 0.3) is 0 Å². The fourth-order valence-corrected chi connectivity index (χ4v) is 1.17. The van der Waals surface area contributed by atoms with Crippen molar-refractivity contribution in [1.82, 2.24) is 0 Å². The van der Waals surface area contributed by atoms with Crippen LogP contribution in [0.3, 0.4) is 0 Å². The smallest absolute Gasteiger partial charge is 0.106 e. The van der Waals surface area contributed by atoms with Crippen LogP contribution in [-0.4, -0.2) is 36.1 Å². The summed E-state index contributed by atoms with van der Waals surface area (Å²) >= 11 is 0. The molecule has 0 aromatic rings. The number of hydrogen-bond donors (Lipinski definition) is 2. The van der Waals surface area contributed by atoms with Gasteiger partial charge in [-0.3, -0.25) is 0 Å². The molecule has 0 radical (unpaired) electrons. The molecule has 0 saturated heterocycles. The first-order valence-corrected chi connectivity index (χ1v) is 4.16. The Bertz CT molecular complexity index is 237. The third-order valence-electron chi connectivity index (χ3n) is 1.87. The normalized spacial score (nSPS) is 28.1. The van der Waals surface area contributed by atoms with E-state index in [1.54, 1.807) is 31.4 Å². The van der Waals surface area contributed by atoms with E-state index in [4.69, 9.17) is 9.84 Å². The second kappa shape index (κ2) is 4.97.